The van der Waals surface area contributed by atoms with Crippen molar-refractivity contribution in [3.05, 3.63) is 0 Å². The Morgan fingerprint density at radius 3 is 1.16 bits per heavy atom. The predicted octanol–water partition coefficient (Wildman–Crippen LogP) is 13.7. The molecule has 1 amide bonds. The van der Waals surface area contributed by atoms with Gasteiger partial charge >= 0.3 is 10.4 Å². The van der Waals surface area contributed by atoms with E-state index >= 15 is 0 Å². The fourth-order valence-corrected chi connectivity index (χ4v) is 10.4. The number of hydrogen-bond donors (Lipinski definition) is 6. The van der Waals surface area contributed by atoms with E-state index in [1.165, 1.54) is 218 Å². The van der Waals surface area contributed by atoms with Crippen LogP contribution >= 0.6 is 0 Å². The molecule has 69 heavy (non-hydrogen) atoms. The Labute approximate surface area is 424 Å². The third-order valence-electron chi connectivity index (χ3n) is 14.4. The minimum atomic E-state index is -5.08. The summed E-state index contributed by atoms with van der Waals surface area (Å²) in [6, 6.07) is -0.853. The Kier molecular flexibility index (Phi) is 44.9. The summed E-state index contributed by atoms with van der Waals surface area (Å²) in [6.07, 6.45) is 45.5. The molecule has 1 aliphatic heterocycles. The zero-order valence-corrected chi connectivity index (χ0v) is 45.5. The Bertz CT molecular complexity index is 1230. The summed E-state index contributed by atoms with van der Waals surface area (Å²) in [5.41, 5.74) is 0. The van der Waals surface area contributed by atoms with Gasteiger partial charge in [-0.3, -0.25) is 9.35 Å². The SMILES string of the molecule is CCCCCCCCCCCCCCCCCCCCCCCCCCCCCC(=O)NC(COC1OC(CO)C(O)C(OS(=O)(=O)O)C1O)C(O)CCCCCCCCCCCCCCCCC. The second kappa shape index (κ2) is 46.9. The molecule has 0 saturated carbocycles. The third-order valence-corrected chi connectivity index (χ3v) is 14.9. The molecule has 0 bridgehead atoms. The first-order chi connectivity index (χ1) is 33.5. The van der Waals surface area contributed by atoms with E-state index in [1.807, 2.05) is 0 Å². The van der Waals surface area contributed by atoms with Gasteiger partial charge in [0.05, 0.1) is 25.4 Å². The highest BCUT2D eigenvalue weighted by Crippen LogP contribution is 2.26. The fraction of sp³-hybridized carbons (Fsp3) is 0.982. The highest BCUT2D eigenvalue weighted by Gasteiger charge is 2.48. The number of rotatable bonds is 52. The number of carbonyl (C=O) groups is 1. The van der Waals surface area contributed by atoms with Gasteiger partial charge in [0.1, 0.15) is 24.4 Å². The first kappa shape index (κ1) is 66.1. The van der Waals surface area contributed by atoms with Crippen LogP contribution in [0.25, 0.3) is 0 Å². The summed E-state index contributed by atoms with van der Waals surface area (Å²) in [4.78, 5) is 13.1. The standard InChI is InChI=1S/C56H111NO11S/c1-3-5-7-9-11-13-15-17-19-20-21-22-23-24-25-26-27-28-29-30-32-34-36-38-40-42-44-46-52(60)57-49(48-66-56-54(62)55(68-69(63,64)65)53(61)51(47-58)67-56)50(59)45-43-41-39-37-35-33-31-18-16-14-12-10-8-6-4-2/h49-51,53-56,58-59,61-62H,3-48H2,1-2H3,(H,57,60)(H,63,64,65). The van der Waals surface area contributed by atoms with Gasteiger partial charge in [-0.1, -0.05) is 277 Å². The van der Waals surface area contributed by atoms with Crippen molar-refractivity contribution < 1.29 is 51.8 Å². The normalized spacial score (nSPS) is 19.6. The molecule has 6 N–H and O–H groups in total. The number of carbonyl (C=O) groups excluding carboxylic acids is 1. The van der Waals surface area contributed by atoms with Gasteiger partial charge in [0, 0.05) is 6.42 Å². The highest BCUT2D eigenvalue weighted by atomic mass is 32.3. The molecule has 412 valence electrons. The van der Waals surface area contributed by atoms with E-state index in [0.717, 1.165) is 51.4 Å². The maximum absolute atomic E-state index is 13.1. The van der Waals surface area contributed by atoms with Crippen LogP contribution in [0, 0.1) is 0 Å². The molecule has 0 aromatic carbocycles. The van der Waals surface area contributed by atoms with Crippen LogP contribution in [0.5, 0.6) is 0 Å². The van der Waals surface area contributed by atoms with Crippen LogP contribution in [-0.4, -0.2) is 95.4 Å². The molecule has 12 nitrogen and oxygen atoms in total. The molecule has 1 rings (SSSR count). The molecule has 7 atom stereocenters. The Balaban J connectivity index is 2.28. The quantitative estimate of drug-likeness (QED) is 0.0251. The van der Waals surface area contributed by atoms with Gasteiger partial charge in [-0.2, -0.15) is 8.42 Å². The number of unbranched alkanes of at least 4 members (excludes halogenated alkanes) is 40. The molecule has 1 heterocycles. The lowest BCUT2D eigenvalue weighted by Crippen LogP contribution is -2.61. The Morgan fingerprint density at radius 2 is 0.841 bits per heavy atom. The zero-order chi connectivity index (χ0) is 50.5. The third kappa shape index (κ3) is 39.3. The van der Waals surface area contributed by atoms with Gasteiger partial charge in [-0.25, -0.2) is 4.18 Å². The summed E-state index contributed by atoms with van der Waals surface area (Å²) < 4.78 is 47.9. The number of aliphatic hydroxyl groups is 4. The van der Waals surface area contributed by atoms with Crippen molar-refractivity contribution in [2.45, 2.75) is 339 Å². The van der Waals surface area contributed by atoms with Crippen molar-refractivity contribution in [1.82, 2.24) is 5.32 Å². The number of ether oxygens (including phenoxy) is 2. The first-order valence-corrected chi connectivity index (χ1v) is 30.8. The lowest BCUT2D eigenvalue weighted by atomic mass is 9.99. The van der Waals surface area contributed by atoms with Gasteiger partial charge in [-0.05, 0) is 12.8 Å². The van der Waals surface area contributed by atoms with Gasteiger partial charge in [-0.15, -0.1) is 0 Å². The largest absolute Gasteiger partial charge is 0.397 e. The van der Waals surface area contributed by atoms with E-state index in [4.69, 9.17) is 9.47 Å². The number of hydrogen-bond acceptors (Lipinski definition) is 10. The van der Waals surface area contributed by atoms with Crippen LogP contribution in [0.4, 0.5) is 0 Å². The van der Waals surface area contributed by atoms with Crippen LogP contribution in [-0.2, 0) is 28.9 Å². The van der Waals surface area contributed by atoms with Crippen molar-refractivity contribution in [3.8, 4) is 0 Å². The van der Waals surface area contributed by atoms with Gasteiger partial charge < -0.3 is 35.2 Å². The molecule has 13 heteroatoms. The summed E-state index contributed by atoms with van der Waals surface area (Å²) in [7, 11) is -5.08. The molecule has 0 aromatic heterocycles. The van der Waals surface area contributed by atoms with Gasteiger partial charge in [0.15, 0.2) is 6.29 Å². The van der Waals surface area contributed by atoms with Crippen LogP contribution in [0.15, 0.2) is 0 Å². The second-order valence-corrected chi connectivity index (χ2v) is 22.0. The van der Waals surface area contributed by atoms with Crippen molar-refractivity contribution >= 4 is 16.3 Å². The van der Waals surface area contributed by atoms with Crippen molar-refractivity contribution in [3.63, 3.8) is 0 Å². The van der Waals surface area contributed by atoms with E-state index in [-0.39, 0.29) is 12.5 Å². The molecule has 0 aliphatic carbocycles. The van der Waals surface area contributed by atoms with Crippen LogP contribution in [0.3, 0.4) is 0 Å². The van der Waals surface area contributed by atoms with Gasteiger partial charge in [0.2, 0.25) is 5.91 Å². The minimum absolute atomic E-state index is 0.222. The van der Waals surface area contributed by atoms with Crippen molar-refractivity contribution in [1.29, 1.82) is 0 Å². The van der Waals surface area contributed by atoms with E-state index in [0.29, 0.717) is 12.8 Å². The number of aliphatic hydroxyl groups excluding tert-OH is 4. The fourth-order valence-electron chi connectivity index (χ4n) is 9.88. The average Bonchev–Trinajstić information content (AvgIpc) is 3.32. The number of amides is 1. The molecule has 1 fully saturated rings. The Morgan fingerprint density at radius 1 is 0.522 bits per heavy atom. The summed E-state index contributed by atoms with van der Waals surface area (Å²) in [5.74, 6) is -0.222. The summed E-state index contributed by atoms with van der Waals surface area (Å²) in [6.45, 7) is 3.50. The lowest BCUT2D eigenvalue weighted by molar-refractivity contribution is -0.298. The van der Waals surface area contributed by atoms with E-state index in [2.05, 4.69) is 23.3 Å². The number of nitrogens with one attached hydrogen (secondary N) is 1. The van der Waals surface area contributed by atoms with Crippen LogP contribution in [0.1, 0.15) is 296 Å². The molecule has 7 unspecified atom stereocenters. The molecule has 1 aliphatic rings. The highest BCUT2D eigenvalue weighted by molar-refractivity contribution is 7.80. The lowest BCUT2D eigenvalue weighted by Gasteiger charge is -2.41. The zero-order valence-electron chi connectivity index (χ0n) is 44.7. The summed E-state index contributed by atoms with van der Waals surface area (Å²) >= 11 is 0. The Hall–Kier alpha value is -0.900. The van der Waals surface area contributed by atoms with Gasteiger partial charge in [0.25, 0.3) is 0 Å². The van der Waals surface area contributed by atoms with Crippen molar-refractivity contribution in [2.24, 2.45) is 0 Å². The van der Waals surface area contributed by atoms with Crippen LogP contribution in [0.2, 0.25) is 0 Å². The molecular formula is C56H111NO11S. The monoisotopic (exact) mass is 1010 g/mol. The first-order valence-electron chi connectivity index (χ1n) is 29.4. The second-order valence-electron chi connectivity index (χ2n) is 21.0. The van der Waals surface area contributed by atoms with E-state index in [9.17, 15) is 38.2 Å². The maximum atomic E-state index is 13.1. The molecule has 1 saturated heterocycles. The smallest absolute Gasteiger partial charge is 0.394 e. The maximum Gasteiger partial charge on any atom is 0.397 e. The van der Waals surface area contributed by atoms with Crippen molar-refractivity contribution in [2.75, 3.05) is 13.2 Å². The average molecular weight is 1010 g/mol. The summed E-state index contributed by atoms with van der Waals surface area (Å²) in [5, 5.41) is 45.1. The van der Waals surface area contributed by atoms with E-state index < -0.39 is 59.9 Å². The molecule has 0 spiro atoms. The molecule has 0 radical (unpaired) electrons. The van der Waals surface area contributed by atoms with E-state index in [1.54, 1.807) is 0 Å². The van der Waals surface area contributed by atoms with Crippen LogP contribution < -0.4 is 5.32 Å². The predicted molar refractivity (Wildman–Crippen MR) is 283 cm³/mol. The molecular weight excluding hydrogens is 895 g/mol. The molecule has 0 aromatic rings. The minimum Gasteiger partial charge on any atom is -0.394 e. The topological polar surface area (TPSA) is 192 Å².